The topological polar surface area (TPSA) is 49.7 Å². The molecule has 0 amide bonds. The van der Waals surface area contributed by atoms with Gasteiger partial charge in [0.1, 0.15) is 6.16 Å². The molecule has 0 unspecified atom stereocenters. The summed E-state index contributed by atoms with van der Waals surface area (Å²) in [5, 5.41) is 0. The minimum absolute atomic E-state index is 0.410. The summed E-state index contributed by atoms with van der Waals surface area (Å²) in [6, 6.07) is 0. The van der Waals surface area contributed by atoms with Gasteiger partial charge in [0.25, 0.3) is 0 Å². The van der Waals surface area contributed by atoms with Crippen molar-refractivity contribution in [2.75, 3.05) is 12.8 Å². The highest BCUT2D eigenvalue weighted by atomic mass is 31.2. The highest BCUT2D eigenvalue weighted by molar-refractivity contribution is 7.59. The molecule has 0 aliphatic rings. The SMILES string of the molecule is CCCCO[P+](O)(O)CCCC. The third-order valence-corrected chi connectivity index (χ3v) is 3.09. The molecule has 0 aliphatic heterocycles. The molecule has 0 bridgehead atoms. The third-order valence-electron chi connectivity index (χ3n) is 1.60. The standard InChI is InChI=1S/C8H20O3P/c1-3-5-7-11-12(9,10)8-6-4-2/h9-10H,3-8H2,1-2H3/q+1. The van der Waals surface area contributed by atoms with Crippen LogP contribution < -0.4 is 0 Å². The zero-order chi connectivity index (χ0) is 9.45. The second kappa shape index (κ2) is 6.79. The average molecular weight is 195 g/mol. The number of unbranched alkanes of at least 4 members (excludes halogenated alkanes) is 2. The van der Waals surface area contributed by atoms with Crippen LogP contribution in [0, 0.1) is 0 Å². The first-order valence-electron chi connectivity index (χ1n) is 4.60. The molecule has 4 heteroatoms. The van der Waals surface area contributed by atoms with E-state index in [0.29, 0.717) is 12.8 Å². The van der Waals surface area contributed by atoms with E-state index in [9.17, 15) is 9.79 Å². The zero-order valence-corrected chi connectivity index (χ0v) is 8.89. The molecule has 0 saturated carbocycles. The fraction of sp³-hybridized carbons (Fsp3) is 1.00. The third kappa shape index (κ3) is 6.99. The van der Waals surface area contributed by atoms with Gasteiger partial charge < -0.3 is 0 Å². The Kier molecular flexibility index (Phi) is 6.96. The molecule has 0 fully saturated rings. The number of rotatable bonds is 7. The lowest BCUT2D eigenvalue weighted by Gasteiger charge is -2.09. The second-order valence-corrected chi connectivity index (χ2v) is 4.96. The highest BCUT2D eigenvalue weighted by Crippen LogP contribution is 2.51. The fourth-order valence-corrected chi connectivity index (χ4v) is 2.06. The molecule has 12 heavy (non-hydrogen) atoms. The Morgan fingerprint density at radius 2 is 1.67 bits per heavy atom. The lowest BCUT2D eigenvalue weighted by Crippen LogP contribution is -2.02. The van der Waals surface area contributed by atoms with E-state index in [1.54, 1.807) is 0 Å². The largest absolute Gasteiger partial charge is 0.406 e. The molecule has 0 aromatic rings. The van der Waals surface area contributed by atoms with Crippen molar-refractivity contribution in [1.29, 1.82) is 0 Å². The van der Waals surface area contributed by atoms with E-state index in [-0.39, 0.29) is 0 Å². The van der Waals surface area contributed by atoms with Crippen molar-refractivity contribution in [2.45, 2.75) is 39.5 Å². The van der Waals surface area contributed by atoms with Crippen LogP contribution in [0.4, 0.5) is 0 Å². The molecule has 0 aromatic heterocycles. The van der Waals surface area contributed by atoms with Crippen LogP contribution in [0.5, 0.6) is 0 Å². The summed E-state index contributed by atoms with van der Waals surface area (Å²) in [6.45, 7) is 4.54. The lowest BCUT2D eigenvalue weighted by molar-refractivity contribution is 0.225. The molecular weight excluding hydrogens is 175 g/mol. The van der Waals surface area contributed by atoms with Gasteiger partial charge in [0.2, 0.25) is 0 Å². The van der Waals surface area contributed by atoms with Crippen molar-refractivity contribution < 1.29 is 14.3 Å². The van der Waals surface area contributed by atoms with Crippen molar-refractivity contribution in [2.24, 2.45) is 0 Å². The van der Waals surface area contributed by atoms with Crippen molar-refractivity contribution in [3.05, 3.63) is 0 Å². The Bertz CT molecular complexity index is 106. The summed E-state index contributed by atoms with van der Waals surface area (Å²) in [5.74, 6) is 0. The van der Waals surface area contributed by atoms with Crippen LogP contribution in [0.2, 0.25) is 0 Å². The van der Waals surface area contributed by atoms with Gasteiger partial charge in [-0.2, -0.15) is 14.3 Å². The van der Waals surface area contributed by atoms with Gasteiger partial charge in [0.05, 0.1) is 6.61 Å². The van der Waals surface area contributed by atoms with Gasteiger partial charge in [-0.3, -0.25) is 0 Å². The van der Waals surface area contributed by atoms with Gasteiger partial charge in [-0.25, -0.2) is 0 Å². The first-order chi connectivity index (χ1) is 5.62. The summed E-state index contributed by atoms with van der Waals surface area (Å²) in [7, 11) is -2.99. The van der Waals surface area contributed by atoms with E-state index in [1.165, 1.54) is 0 Å². The average Bonchev–Trinajstić information content (AvgIpc) is 2.01. The maximum Gasteiger partial charge on any atom is 0.406 e. The first kappa shape index (κ1) is 12.3. The van der Waals surface area contributed by atoms with Gasteiger partial charge in [-0.05, 0) is 12.8 Å². The van der Waals surface area contributed by atoms with Gasteiger partial charge in [0, 0.05) is 0 Å². The van der Waals surface area contributed by atoms with Crippen LogP contribution >= 0.6 is 7.94 Å². The van der Waals surface area contributed by atoms with Crippen LogP contribution in [0.1, 0.15) is 39.5 Å². The molecule has 0 atom stereocenters. The van der Waals surface area contributed by atoms with Crippen molar-refractivity contribution in [3.63, 3.8) is 0 Å². The molecule has 0 aliphatic carbocycles. The lowest BCUT2D eigenvalue weighted by atomic mass is 10.4. The molecule has 3 nitrogen and oxygen atoms in total. The Labute approximate surface area is 75.3 Å². The van der Waals surface area contributed by atoms with Crippen molar-refractivity contribution in [1.82, 2.24) is 0 Å². The molecular formula is C8H20O3P+. The summed E-state index contributed by atoms with van der Waals surface area (Å²) in [4.78, 5) is 18.6. The highest BCUT2D eigenvalue weighted by Gasteiger charge is 2.33. The molecule has 2 N–H and O–H groups in total. The smallest absolute Gasteiger partial charge is 0.193 e. The van der Waals surface area contributed by atoms with E-state index >= 15 is 0 Å². The van der Waals surface area contributed by atoms with Gasteiger partial charge in [0.15, 0.2) is 0 Å². The Morgan fingerprint density at radius 1 is 1.08 bits per heavy atom. The normalized spacial score (nSPS) is 12.0. The minimum atomic E-state index is -2.99. The van der Waals surface area contributed by atoms with Gasteiger partial charge in [-0.15, -0.1) is 0 Å². The first-order valence-corrected chi connectivity index (χ1v) is 6.40. The van der Waals surface area contributed by atoms with Crippen LogP contribution in [-0.4, -0.2) is 22.6 Å². The van der Waals surface area contributed by atoms with Gasteiger partial charge in [-0.1, -0.05) is 26.7 Å². The van der Waals surface area contributed by atoms with E-state index in [4.69, 9.17) is 4.52 Å². The van der Waals surface area contributed by atoms with Crippen molar-refractivity contribution >= 4 is 7.94 Å². The maximum absolute atomic E-state index is 9.32. The molecule has 0 aromatic carbocycles. The summed E-state index contributed by atoms with van der Waals surface area (Å²) in [5.41, 5.74) is 0. The molecule has 0 heterocycles. The summed E-state index contributed by atoms with van der Waals surface area (Å²) < 4.78 is 4.99. The zero-order valence-electron chi connectivity index (χ0n) is 7.99. The monoisotopic (exact) mass is 195 g/mol. The fourth-order valence-electron chi connectivity index (χ4n) is 0.784. The molecule has 0 rings (SSSR count). The van der Waals surface area contributed by atoms with E-state index in [1.807, 2.05) is 13.8 Å². The predicted molar refractivity (Wildman–Crippen MR) is 52.0 cm³/mol. The van der Waals surface area contributed by atoms with Crippen LogP contribution in [0.15, 0.2) is 0 Å². The van der Waals surface area contributed by atoms with Crippen LogP contribution in [0.3, 0.4) is 0 Å². The molecule has 0 radical (unpaired) electrons. The van der Waals surface area contributed by atoms with Crippen molar-refractivity contribution in [3.8, 4) is 0 Å². The molecule has 0 spiro atoms. The maximum atomic E-state index is 9.32. The second-order valence-electron chi connectivity index (χ2n) is 2.93. The number of hydrogen-bond acceptors (Lipinski definition) is 3. The Hall–Kier alpha value is 0.310. The van der Waals surface area contributed by atoms with Crippen LogP contribution in [-0.2, 0) is 4.52 Å². The molecule has 0 saturated heterocycles. The number of hydrogen-bond donors (Lipinski definition) is 2. The van der Waals surface area contributed by atoms with E-state index in [0.717, 1.165) is 25.7 Å². The summed E-state index contributed by atoms with van der Waals surface area (Å²) >= 11 is 0. The Morgan fingerprint density at radius 3 is 2.17 bits per heavy atom. The summed E-state index contributed by atoms with van der Waals surface area (Å²) in [6.07, 6.45) is 4.13. The van der Waals surface area contributed by atoms with Crippen LogP contribution in [0.25, 0.3) is 0 Å². The predicted octanol–water partition coefficient (Wildman–Crippen LogP) is 2.35. The van der Waals surface area contributed by atoms with E-state index < -0.39 is 7.94 Å². The van der Waals surface area contributed by atoms with Gasteiger partial charge >= 0.3 is 7.94 Å². The quantitative estimate of drug-likeness (QED) is 0.484. The Balaban J connectivity index is 3.42. The van der Waals surface area contributed by atoms with E-state index in [2.05, 4.69) is 0 Å². The minimum Gasteiger partial charge on any atom is -0.193 e. The molecule has 74 valence electrons.